The number of rotatable bonds is 2. The Kier molecular flexibility index (Phi) is 4.54. The first-order valence-corrected chi connectivity index (χ1v) is 9.55. The topological polar surface area (TPSA) is 60.5 Å². The van der Waals surface area contributed by atoms with E-state index in [0.29, 0.717) is 40.4 Å². The number of nitrogens with zero attached hydrogens (tertiary/aromatic N) is 1. The van der Waals surface area contributed by atoms with Gasteiger partial charge in [-0.15, -0.1) is 0 Å². The first kappa shape index (κ1) is 16.6. The molecule has 0 fully saturated rings. The second-order valence-corrected chi connectivity index (χ2v) is 7.77. The minimum absolute atomic E-state index is 0.306. The van der Waals surface area contributed by atoms with E-state index in [0.717, 1.165) is 21.1 Å². The molecule has 0 atom stereocenters. The molecule has 1 N–H and O–H groups in total. The molecule has 0 spiro atoms. The van der Waals surface area contributed by atoms with Crippen molar-refractivity contribution in [3.8, 4) is 11.5 Å². The van der Waals surface area contributed by atoms with Crippen LogP contribution in [0.15, 0.2) is 34.8 Å². The van der Waals surface area contributed by atoms with E-state index in [-0.39, 0.29) is 5.91 Å². The van der Waals surface area contributed by atoms with Crippen LogP contribution in [0.1, 0.15) is 16.8 Å². The number of hydrogen-bond donors (Lipinski definition) is 1. The highest BCUT2D eigenvalue weighted by Gasteiger charge is 2.17. The molecular weight excluding hydrogens is 428 g/mol. The quantitative estimate of drug-likeness (QED) is 0.601. The largest absolute Gasteiger partial charge is 0.490 e. The number of carbonyl (C=O) groups excluding carboxylic acids is 1. The van der Waals surface area contributed by atoms with Gasteiger partial charge in [-0.05, 0) is 18.2 Å². The molecule has 2 aromatic carbocycles. The van der Waals surface area contributed by atoms with Gasteiger partial charge < -0.3 is 9.47 Å². The van der Waals surface area contributed by atoms with Crippen molar-refractivity contribution >= 4 is 60.1 Å². The highest BCUT2D eigenvalue weighted by atomic mass is 79.9. The van der Waals surface area contributed by atoms with Crippen LogP contribution in [0.2, 0.25) is 5.02 Å². The molecule has 5 nitrogen and oxygen atoms in total. The number of fused-ring (bicyclic) bond motifs is 2. The number of aromatic nitrogens is 1. The first-order chi connectivity index (χ1) is 12.1. The molecule has 128 valence electrons. The van der Waals surface area contributed by atoms with Crippen LogP contribution in [-0.4, -0.2) is 24.1 Å². The Bertz CT molecular complexity index is 933. The highest BCUT2D eigenvalue weighted by Crippen LogP contribution is 2.37. The van der Waals surface area contributed by atoms with Crippen molar-refractivity contribution in [2.45, 2.75) is 6.42 Å². The van der Waals surface area contributed by atoms with Crippen LogP contribution < -0.4 is 14.8 Å². The van der Waals surface area contributed by atoms with Crippen LogP contribution in [0.25, 0.3) is 10.2 Å². The van der Waals surface area contributed by atoms with E-state index >= 15 is 0 Å². The van der Waals surface area contributed by atoms with E-state index in [9.17, 15) is 4.79 Å². The fourth-order valence-electron chi connectivity index (χ4n) is 2.47. The van der Waals surface area contributed by atoms with Crippen LogP contribution >= 0.6 is 38.9 Å². The number of ether oxygens (including phenoxy) is 2. The van der Waals surface area contributed by atoms with Crippen molar-refractivity contribution in [2.75, 3.05) is 18.5 Å². The second kappa shape index (κ2) is 6.82. The summed E-state index contributed by atoms with van der Waals surface area (Å²) in [5.41, 5.74) is 1.14. The summed E-state index contributed by atoms with van der Waals surface area (Å²) in [6, 6.07) is 8.87. The van der Waals surface area contributed by atoms with Crippen molar-refractivity contribution in [3.05, 3.63) is 45.4 Å². The molecule has 0 unspecified atom stereocenters. The van der Waals surface area contributed by atoms with Gasteiger partial charge in [0.15, 0.2) is 16.6 Å². The Morgan fingerprint density at radius 2 is 1.96 bits per heavy atom. The molecule has 1 aliphatic rings. The van der Waals surface area contributed by atoms with Crippen molar-refractivity contribution in [1.82, 2.24) is 4.98 Å². The molecular formula is C17H12BrClN2O3S. The Morgan fingerprint density at radius 1 is 1.20 bits per heavy atom. The zero-order chi connectivity index (χ0) is 17.4. The predicted molar refractivity (Wildman–Crippen MR) is 102 cm³/mol. The average molecular weight is 440 g/mol. The van der Waals surface area contributed by atoms with Crippen LogP contribution in [0.4, 0.5) is 5.13 Å². The Labute approximate surface area is 161 Å². The molecule has 3 aromatic rings. The number of benzene rings is 2. The third-order valence-corrected chi connectivity index (χ3v) is 5.41. The predicted octanol–water partition coefficient (Wildman–Crippen LogP) is 5.13. The van der Waals surface area contributed by atoms with Gasteiger partial charge in [-0.2, -0.15) is 0 Å². The number of amides is 1. The summed E-state index contributed by atoms with van der Waals surface area (Å²) in [7, 11) is 0. The zero-order valence-corrected chi connectivity index (χ0v) is 16.0. The van der Waals surface area contributed by atoms with E-state index in [1.54, 1.807) is 18.2 Å². The highest BCUT2D eigenvalue weighted by molar-refractivity contribution is 9.10. The molecule has 0 bridgehead atoms. The molecule has 0 radical (unpaired) electrons. The lowest BCUT2D eigenvalue weighted by atomic mass is 10.2. The Hall–Kier alpha value is -1.83. The number of thiazole rings is 1. The summed E-state index contributed by atoms with van der Waals surface area (Å²) in [5, 5.41) is 3.68. The van der Waals surface area contributed by atoms with E-state index in [1.807, 2.05) is 12.1 Å². The fourth-order valence-corrected chi connectivity index (χ4v) is 3.91. The fraction of sp³-hybridized carbons (Fsp3) is 0.176. The van der Waals surface area contributed by atoms with Gasteiger partial charge in [0.2, 0.25) is 0 Å². The summed E-state index contributed by atoms with van der Waals surface area (Å²) in [6.45, 7) is 1.25. The summed E-state index contributed by atoms with van der Waals surface area (Å²) in [6.07, 6.45) is 0.852. The van der Waals surface area contributed by atoms with Crippen molar-refractivity contribution in [2.24, 2.45) is 0 Å². The van der Waals surface area contributed by atoms with Gasteiger partial charge >= 0.3 is 0 Å². The molecule has 0 saturated heterocycles. The lowest BCUT2D eigenvalue weighted by Gasteiger charge is -2.05. The smallest absolute Gasteiger partial charge is 0.258 e. The van der Waals surface area contributed by atoms with E-state index < -0.39 is 0 Å². The normalized spacial score (nSPS) is 13.5. The average Bonchev–Trinajstić information content (AvgIpc) is 2.82. The summed E-state index contributed by atoms with van der Waals surface area (Å²) < 4.78 is 13.1. The maximum absolute atomic E-state index is 12.5. The van der Waals surface area contributed by atoms with E-state index in [4.69, 9.17) is 21.1 Å². The van der Waals surface area contributed by atoms with Crippen molar-refractivity contribution in [1.29, 1.82) is 0 Å². The van der Waals surface area contributed by atoms with E-state index in [2.05, 4.69) is 26.2 Å². The minimum Gasteiger partial charge on any atom is -0.490 e. The number of carbonyl (C=O) groups is 1. The van der Waals surface area contributed by atoms with Gasteiger partial charge in [-0.25, -0.2) is 4.98 Å². The second-order valence-electron chi connectivity index (χ2n) is 5.41. The molecule has 4 rings (SSSR count). The maximum atomic E-state index is 12.5. The van der Waals surface area contributed by atoms with Gasteiger partial charge in [0.1, 0.15) is 0 Å². The SMILES string of the molecule is O=C(Nc1nc2cc3c(cc2s1)OCCCO3)c1cc(Br)ccc1Cl. The van der Waals surface area contributed by atoms with Gasteiger partial charge in [-0.3, -0.25) is 10.1 Å². The number of hydrogen-bond acceptors (Lipinski definition) is 5. The van der Waals surface area contributed by atoms with Crippen LogP contribution in [-0.2, 0) is 0 Å². The molecule has 25 heavy (non-hydrogen) atoms. The van der Waals surface area contributed by atoms with Gasteiger partial charge in [0, 0.05) is 23.0 Å². The van der Waals surface area contributed by atoms with Gasteiger partial charge in [-0.1, -0.05) is 38.9 Å². The standard InChI is InChI=1S/C17H12BrClN2O3S/c18-9-2-3-11(19)10(6-9)16(22)21-17-20-12-7-13-14(8-15(12)25-17)24-5-1-4-23-13/h2-3,6-8H,1,4-5H2,(H,20,21,22). The molecule has 0 saturated carbocycles. The number of nitrogens with one attached hydrogen (secondary N) is 1. The molecule has 8 heteroatoms. The van der Waals surface area contributed by atoms with Gasteiger partial charge in [0.05, 0.1) is 34.0 Å². The summed E-state index contributed by atoms with van der Waals surface area (Å²) in [5.74, 6) is 1.09. The third-order valence-electron chi connectivity index (χ3n) is 3.65. The molecule has 0 aliphatic carbocycles. The van der Waals surface area contributed by atoms with Gasteiger partial charge in [0.25, 0.3) is 5.91 Å². The van der Waals surface area contributed by atoms with Crippen LogP contribution in [0, 0.1) is 0 Å². The summed E-state index contributed by atoms with van der Waals surface area (Å²) >= 11 is 10.8. The molecule has 1 amide bonds. The number of anilines is 1. The Balaban J connectivity index is 1.63. The Morgan fingerprint density at radius 3 is 2.76 bits per heavy atom. The zero-order valence-electron chi connectivity index (χ0n) is 12.8. The monoisotopic (exact) mass is 438 g/mol. The van der Waals surface area contributed by atoms with Crippen molar-refractivity contribution in [3.63, 3.8) is 0 Å². The van der Waals surface area contributed by atoms with Crippen LogP contribution in [0.5, 0.6) is 11.5 Å². The van der Waals surface area contributed by atoms with E-state index in [1.165, 1.54) is 11.3 Å². The third kappa shape index (κ3) is 3.44. The lowest BCUT2D eigenvalue weighted by Crippen LogP contribution is -2.12. The first-order valence-electron chi connectivity index (χ1n) is 7.57. The molecule has 1 aliphatic heterocycles. The minimum atomic E-state index is -0.306. The molecule has 1 aromatic heterocycles. The number of halogens is 2. The van der Waals surface area contributed by atoms with Crippen LogP contribution in [0.3, 0.4) is 0 Å². The summed E-state index contributed by atoms with van der Waals surface area (Å²) in [4.78, 5) is 16.9. The lowest BCUT2D eigenvalue weighted by molar-refractivity contribution is 0.102. The van der Waals surface area contributed by atoms with Crippen molar-refractivity contribution < 1.29 is 14.3 Å². The molecule has 2 heterocycles. The maximum Gasteiger partial charge on any atom is 0.258 e.